The molecule has 20 heavy (non-hydrogen) atoms. The van der Waals surface area contributed by atoms with Gasteiger partial charge in [-0.1, -0.05) is 25.1 Å². The van der Waals surface area contributed by atoms with Gasteiger partial charge in [-0.3, -0.25) is 4.79 Å². The Hall–Kier alpha value is -2.44. The molecule has 1 N–H and O–H groups in total. The van der Waals surface area contributed by atoms with Gasteiger partial charge in [-0.15, -0.1) is 5.10 Å². The Balaban J connectivity index is 1.80. The van der Waals surface area contributed by atoms with Gasteiger partial charge in [0, 0.05) is 6.42 Å². The maximum atomic E-state index is 10.9. The standard InChI is InChI=1S/C13H14N4O3/c1-8(13(18)19)7-17-12(14-15-16-17)11-6-9-4-2-3-5-10(9)20-11/h2-5,8,11H,6-7H2,1H3,(H,18,19). The lowest BCUT2D eigenvalue weighted by molar-refractivity contribution is -0.141. The molecule has 2 aromatic rings. The van der Waals surface area contributed by atoms with E-state index in [1.165, 1.54) is 4.68 Å². The molecule has 1 aromatic carbocycles. The Morgan fingerprint density at radius 1 is 1.55 bits per heavy atom. The first-order valence-electron chi connectivity index (χ1n) is 6.38. The van der Waals surface area contributed by atoms with Crippen LogP contribution in [0.3, 0.4) is 0 Å². The van der Waals surface area contributed by atoms with Crippen LogP contribution in [0.4, 0.5) is 0 Å². The molecular weight excluding hydrogens is 260 g/mol. The molecule has 0 spiro atoms. The molecule has 0 bridgehead atoms. The van der Waals surface area contributed by atoms with Crippen LogP contribution < -0.4 is 4.74 Å². The van der Waals surface area contributed by atoms with Crippen LogP contribution >= 0.6 is 0 Å². The minimum atomic E-state index is -0.873. The summed E-state index contributed by atoms with van der Waals surface area (Å²) in [7, 11) is 0. The molecule has 0 saturated carbocycles. The normalized spacial score (nSPS) is 18.4. The molecule has 7 nitrogen and oxygen atoms in total. The number of carboxylic acids is 1. The molecule has 0 amide bonds. The summed E-state index contributed by atoms with van der Waals surface area (Å²) < 4.78 is 7.33. The van der Waals surface area contributed by atoms with Crippen LogP contribution in [-0.2, 0) is 17.8 Å². The second-order valence-electron chi connectivity index (χ2n) is 4.88. The number of hydrogen-bond donors (Lipinski definition) is 1. The summed E-state index contributed by atoms with van der Waals surface area (Å²) in [6.45, 7) is 1.85. The Morgan fingerprint density at radius 2 is 2.35 bits per heavy atom. The van der Waals surface area contributed by atoms with Gasteiger partial charge in [0.15, 0.2) is 11.9 Å². The topological polar surface area (TPSA) is 90.1 Å². The SMILES string of the molecule is CC(Cn1nnnc1C1Cc2ccccc2O1)C(=O)O. The minimum absolute atomic E-state index is 0.230. The van der Waals surface area contributed by atoms with Gasteiger partial charge in [0.05, 0.1) is 12.5 Å². The van der Waals surface area contributed by atoms with Gasteiger partial charge in [0.2, 0.25) is 0 Å². The summed E-state index contributed by atoms with van der Waals surface area (Å²) in [6, 6.07) is 7.78. The van der Waals surface area contributed by atoms with Gasteiger partial charge in [0.25, 0.3) is 0 Å². The van der Waals surface area contributed by atoms with E-state index in [1.54, 1.807) is 6.92 Å². The van der Waals surface area contributed by atoms with Crippen LogP contribution in [0.5, 0.6) is 5.75 Å². The molecule has 2 unspecified atom stereocenters. The maximum absolute atomic E-state index is 10.9. The number of tetrazole rings is 1. The van der Waals surface area contributed by atoms with E-state index < -0.39 is 11.9 Å². The van der Waals surface area contributed by atoms with Gasteiger partial charge in [-0.05, 0) is 22.1 Å². The molecule has 1 aromatic heterocycles. The number of carbonyl (C=O) groups is 1. The van der Waals surface area contributed by atoms with Crippen LogP contribution in [0.25, 0.3) is 0 Å². The number of hydrogen-bond acceptors (Lipinski definition) is 5. The fraction of sp³-hybridized carbons (Fsp3) is 0.385. The highest BCUT2D eigenvalue weighted by Gasteiger charge is 2.29. The van der Waals surface area contributed by atoms with Gasteiger partial charge in [-0.2, -0.15) is 0 Å². The predicted octanol–water partition coefficient (Wildman–Crippen LogP) is 1.07. The zero-order valence-electron chi connectivity index (χ0n) is 10.9. The third-order valence-corrected chi connectivity index (χ3v) is 3.36. The van der Waals surface area contributed by atoms with Crippen molar-refractivity contribution in [3.05, 3.63) is 35.7 Å². The van der Waals surface area contributed by atoms with E-state index in [0.29, 0.717) is 12.2 Å². The second-order valence-corrected chi connectivity index (χ2v) is 4.88. The number of carboxylic acid groups (broad SMARTS) is 1. The highest BCUT2D eigenvalue weighted by atomic mass is 16.5. The van der Waals surface area contributed by atoms with Gasteiger partial charge in [0.1, 0.15) is 5.75 Å². The summed E-state index contributed by atoms with van der Waals surface area (Å²) in [5, 5.41) is 20.4. The molecule has 2 atom stereocenters. The molecule has 0 radical (unpaired) electrons. The average molecular weight is 274 g/mol. The summed E-state index contributed by atoms with van der Waals surface area (Å²) in [6.07, 6.45) is 0.432. The lowest BCUT2D eigenvalue weighted by Gasteiger charge is -2.12. The van der Waals surface area contributed by atoms with Crippen molar-refractivity contribution >= 4 is 5.97 Å². The summed E-state index contributed by atoms with van der Waals surface area (Å²) in [5.41, 5.74) is 1.11. The minimum Gasteiger partial charge on any atom is -0.482 e. The second kappa shape index (κ2) is 4.92. The Kier molecular flexibility index (Phi) is 3.09. The van der Waals surface area contributed by atoms with E-state index in [0.717, 1.165) is 11.3 Å². The number of aliphatic carboxylic acids is 1. The Morgan fingerprint density at radius 3 is 3.10 bits per heavy atom. The van der Waals surface area contributed by atoms with Crippen molar-refractivity contribution in [1.29, 1.82) is 0 Å². The fourth-order valence-electron chi connectivity index (χ4n) is 2.24. The van der Waals surface area contributed by atoms with E-state index in [2.05, 4.69) is 15.5 Å². The quantitative estimate of drug-likeness (QED) is 0.896. The van der Waals surface area contributed by atoms with Crippen molar-refractivity contribution in [2.45, 2.75) is 26.0 Å². The number of benzene rings is 1. The van der Waals surface area contributed by atoms with E-state index >= 15 is 0 Å². The molecule has 1 aliphatic rings. The van der Waals surface area contributed by atoms with Gasteiger partial charge < -0.3 is 9.84 Å². The molecule has 7 heteroatoms. The number of nitrogens with zero attached hydrogens (tertiary/aromatic N) is 4. The first-order valence-corrected chi connectivity index (χ1v) is 6.38. The number of fused-ring (bicyclic) bond motifs is 1. The lowest BCUT2D eigenvalue weighted by Crippen LogP contribution is -2.21. The van der Waals surface area contributed by atoms with E-state index in [4.69, 9.17) is 9.84 Å². The molecule has 1 aliphatic heterocycles. The summed E-state index contributed by atoms with van der Waals surface area (Å²) in [4.78, 5) is 10.9. The van der Waals surface area contributed by atoms with Gasteiger partial charge >= 0.3 is 5.97 Å². The Bertz CT molecular complexity index is 615. The predicted molar refractivity (Wildman–Crippen MR) is 68.1 cm³/mol. The molecule has 0 saturated heterocycles. The summed E-state index contributed by atoms with van der Waals surface area (Å²) in [5.74, 6) is -0.0317. The van der Waals surface area contributed by atoms with Crippen molar-refractivity contribution in [3.8, 4) is 5.75 Å². The third-order valence-electron chi connectivity index (χ3n) is 3.36. The van der Waals surface area contributed by atoms with Gasteiger partial charge in [-0.25, -0.2) is 4.68 Å². The van der Waals surface area contributed by atoms with Crippen molar-refractivity contribution in [2.75, 3.05) is 0 Å². The number of para-hydroxylation sites is 1. The zero-order chi connectivity index (χ0) is 14.1. The number of rotatable bonds is 4. The van der Waals surface area contributed by atoms with Crippen LogP contribution in [0.1, 0.15) is 24.4 Å². The van der Waals surface area contributed by atoms with Crippen LogP contribution in [0, 0.1) is 5.92 Å². The number of ether oxygens (including phenoxy) is 1. The van der Waals surface area contributed by atoms with Crippen molar-refractivity contribution in [1.82, 2.24) is 20.2 Å². The highest BCUT2D eigenvalue weighted by Crippen LogP contribution is 2.35. The Labute approximate surface area is 115 Å². The molecular formula is C13H14N4O3. The van der Waals surface area contributed by atoms with Crippen LogP contribution in [0.2, 0.25) is 0 Å². The van der Waals surface area contributed by atoms with Crippen LogP contribution in [0.15, 0.2) is 24.3 Å². The fourth-order valence-corrected chi connectivity index (χ4v) is 2.24. The first-order chi connectivity index (χ1) is 9.65. The highest BCUT2D eigenvalue weighted by molar-refractivity contribution is 5.69. The summed E-state index contributed by atoms with van der Waals surface area (Å²) >= 11 is 0. The molecule has 3 rings (SSSR count). The van der Waals surface area contributed by atoms with E-state index in [-0.39, 0.29) is 12.6 Å². The lowest BCUT2D eigenvalue weighted by atomic mass is 10.1. The molecule has 0 aliphatic carbocycles. The molecule has 104 valence electrons. The molecule has 0 fully saturated rings. The van der Waals surface area contributed by atoms with E-state index in [1.807, 2.05) is 24.3 Å². The number of aromatic nitrogens is 4. The zero-order valence-corrected chi connectivity index (χ0v) is 10.9. The molecule has 2 heterocycles. The monoisotopic (exact) mass is 274 g/mol. The largest absolute Gasteiger partial charge is 0.482 e. The average Bonchev–Trinajstić information content (AvgIpc) is 3.03. The van der Waals surface area contributed by atoms with Crippen LogP contribution in [-0.4, -0.2) is 31.3 Å². The third kappa shape index (κ3) is 2.22. The van der Waals surface area contributed by atoms with Crippen molar-refractivity contribution < 1.29 is 14.6 Å². The first kappa shape index (κ1) is 12.6. The smallest absolute Gasteiger partial charge is 0.308 e. The van der Waals surface area contributed by atoms with E-state index in [9.17, 15) is 4.79 Å². The maximum Gasteiger partial charge on any atom is 0.308 e. The van der Waals surface area contributed by atoms with Crippen molar-refractivity contribution in [3.63, 3.8) is 0 Å². The van der Waals surface area contributed by atoms with Crippen molar-refractivity contribution in [2.24, 2.45) is 5.92 Å².